The summed E-state index contributed by atoms with van der Waals surface area (Å²) in [7, 11) is 3.82. The molecular weight excluding hydrogens is 289 g/mol. The van der Waals surface area contributed by atoms with Gasteiger partial charge in [-0.25, -0.2) is 0 Å². The molecule has 100 valence electrons. The van der Waals surface area contributed by atoms with Gasteiger partial charge in [0.25, 0.3) is 0 Å². The van der Waals surface area contributed by atoms with Crippen LogP contribution in [0.3, 0.4) is 0 Å². The molecule has 0 amide bonds. The van der Waals surface area contributed by atoms with E-state index in [-0.39, 0.29) is 51.4 Å². The molecule has 0 unspecified atom stereocenters. The fourth-order valence-electron chi connectivity index (χ4n) is 1.99. The van der Waals surface area contributed by atoms with E-state index in [0.29, 0.717) is 0 Å². The first-order valence-corrected chi connectivity index (χ1v) is 5.96. The minimum atomic E-state index is -4.93. The van der Waals surface area contributed by atoms with E-state index in [2.05, 4.69) is 0 Å². The molecule has 0 fully saturated rings. The number of halogens is 3. The second-order valence-electron chi connectivity index (χ2n) is 4.61. The van der Waals surface area contributed by atoms with E-state index in [4.69, 9.17) is 0 Å². The van der Waals surface area contributed by atoms with Crippen molar-refractivity contribution in [2.45, 2.75) is 0 Å². The van der Waals surface area contributed by atoms with Crippen molar-refractivity contribution in [3.05, 3.63) is 48.5 Å². The Bertz CT molecular complexity index is 567. The first kappa shape index (κ1) is 17.8. The Morgan fingerprint density at radius 2 is 1.40 bits per heavy atom. The maximum Gasteiger partial charge on any atom is 1.00 e. The molecule has 2 aromatic rings. The number of hydrogen-bond donors (Lipinski definition) is 0. The first-order chi connectivity index (χ1) is 8.89. The summed E-state index contributed by atoms with van der Waals surface area (Å²) in [4.78, 5) is 1.94. The van der Waals surface area contributed by atoms with Gasteiger partial charge >= 0.3 is 58.4 Å². The standard InChI is InChI=1S/C14H14BF3N.K/c1-19(2)14-6-4-3-5-13(14)11-7-9-12(10-8-11)15(16,17)18;/h3-10H,1-2H3;/q-1;+1. The molecule has 20 heavy (non-hydrogen) atoms. The molecule has 0 bridgehead atoms. The van der Waals surface area contributed by atoms with E-state index in [1.165, 1.54) is 12.1 Å². The van der Waals surface area contributed by atoms with Crippen molar-refractivity contribution in [2.24, 2.45) is 0 Å². The molecule has 0 saturated heterocycles. The van der Waals surface area contributed by atoms with Crippen LogP contribution in [-0.4, -0.2) is 21.1 Å². The van der Waals surface area contributed by atoms with Gasteiger partial charge in [0, 0.05) is 25.3 Å². The Morgan fingerprint density at radius 3 is 1.90 bits per heavy atom. The molecule has 0 atom stereocenters. The van der Waals surface area contributed by atoms with Crippen LogP contribution < -0.4 is 61.7 Å². The van der Waals surface area contributed by atoms with Crippen LogP contribution in [0.15, 0.2) is 48.5 Å². The molecule has 0 radical (unpaired) electrons. The predicted molar refractivity (Wildman–Crippen MR) is 74.9 cm³/mol. The Kier molecular flexibility index (Phi) is 6.34. The molecule has 0 N–H and O–H groups in total. The molecule has 2 aromatic carbocycles. The third-order valence-electron chi connectivity index (χ3n) is 2.99. The van der Waals surface area contributed by atoms with Crippen molar-refractivity contribution in [1.82, 2.24) is 0 Å². The van der Waals surface area contributed by atoms with Crippen LogP contribution in [0.2, 0.25) is 0 Å². The number of hydrogen-bond acceptors (Lipinski definition) is 1. The van der Waals surface area contributed by atoms with Gasteiger partial charge in [0.15, 0.2) is 0 Å². The van der Waals surface area contributed by atoms with E-state index in [0.717, 1.165) is 28.9 Å². The summed E-state index contributed by atoms with van der Waals surface area (Å²) in [6, 6.07) is 13.0. The van der Waals surface area contributed by atoms with Gasteiger partial charge in [-0.1, -0.05) is 42.5 Å². The van der Waals surface area contributed by atoms with E-state index in [1.54, 1.807) is 0 Å². The molecule has 0 aliphatic rings. The number of anilines is 1. The molecule has 0 saturated carbocycles. The Morgan fingerprint density at radius 1 is 0.850 bits per heavy atom. The maximum absolute atomic E-state index is 12.6. The second kappa shape index (κ2) is 7.13. The predicted octanol–water partition coefficient (Wildman–Crippen LogP) is 0.478. The normalized spacial score (nSPS) is 10.8. The molecule has 0 heterocycles. The Hall–Kier alpha value is -0.269. The zero-order valence-corrected chi connectivity index (χ0v) is 14.9. The van der Waals surface area contributed by atoms with Gasteiger partial charge in [0.05, 0.1) is 0 Å². The van der Waals surface area contributed by atoms with Gasteiger partial charge in [-0.15, -0.1) is 5.46 Å². The molecular formula is C14H14BF3KN. The van der Waals surface area contributed by atoms with Crippen molar-refractivity contribution in [3.8, 4) is 11.1 Å². The largest absolute Gasteiger partial charge is 1.00 e. The summed E-state index contributed by atoms with van der Waals surface area (Å²) < 4.78 is 37.8. The van der Waals surface area contributed by atoms with E-state index >= 15 is 0 Å². The quantitative estimate of drug-likeness (QED) is 0.746. The van der Waals surface area contributed by atoms with Crippen molar-refractivity contribution >= 4 is 18.1 Å². The molecule has 0 aliphatic heterocycles. The number of nitrogens with zero attached hydrogens (tertiary/aromatic N) is 1. The molecule has 1 nitrogen and oxygen atoms in total. The van der Waals surface area contributed by atoms with Crippen LogP contribution in [0.25, 0.3) is 11.1 Å². The molecule has 0 aromatic heterocycles. The van der Waals surface area contributed by atoms with Gasteiger partial charge in [0.1, 0.15) is 0 Å². The average molecular weight is 303 g/mol. The van der Waals surface area contributed by atoms with Crippen LogP contribution in [-0.2, 0) is 0 Å². The SMILES string of the molecule is CN(C)c1ccccc1-c1ccc([B-](F)(F)F)cc1.[K+]. The van der Waals surface area contributed by atoms with Gasteiger partial charge in [-0.2, -0.15) is 0 Å². The fourth-order valence-corrected chi connectivity index (χ4v) is 1.99. The summed E-state index contributed by atoms with van der Waals surface area (Å²) in [5.41, 5.74) is 2.13. The number of rotatable bonds is 3. The summed E-state index contributed by atoms with van der Waals surface area (Å²) >= 11 is 0. The molecule has 0 spiro atoms. The van der Waals surface area contributed by atoms with Crippen molar-refractivity contribution in [3.63, 3.8) is 0 Å². The van der Waals surface area contributed by atoms with Crippen molar-refractivity contribution in [2.75, 3.05) is 19.0 Å². The van der Waals surface area contributed by atoms with Crippen molar-refractivity contribution in [1.29, 1.82) is 0 Å². The zero-order valence-electron chi connectivity index (χ0n) is 11.8. The van der Waals surface area contributed by atoms with Crippen LogP contribution in [0, 0.1) is 0 Å². The van der Waals surface area contributed by atoms with Gasteiger partial charge in [-0.3, -0.25) is 0 Å². The van der Waals surface area contributed by atoms with E-state index in [9.17, 15) is 12.9 Å². The van der Waals surface area contributed by atoms with Crippen molar-refractivity contribution < 1.29 is 64.3 Å². The molecule has 2 rings (SSSR count). The topological polar surface area (TPSA) is 3.24 Å². The molecule has 0 aliphatic carbocycles. The third kappa shape index (κ3) is 4.11. The van der Waals surface area contributed by atoms with Crippen LogP contribution in [0.4, 0.5) is 18.6 Å². The Balaban J connectivity index is 0.00000200. The fraction of sp³-hybridized carbons (Fsp3) is 0.143. The number of para-hydroxylation sites is 1. The smallest absolute Gasteiger partial charge is 0.445 e. The first-order valence-electron chi connectivity index (χ1n) is 5.96. The summed E-state index contributed by atoms with van der Waals surface area (Å²) in [5.74, 6) is 0. The average Bonchev–Trinajstić information content (AvgIpc) is 2.38. The van der Waals surface area contributed by atoms with Gasteiger partial charge in [0.2, 0.25) is 0 Å². The molecule has 6 heteroatoms. The van der Waals surface area contributed by atoms with E-state index < -0.39 is 12.4 Å². The maximum atomic E-state index is 12.6. The second-order valence-corrected chi connectivity index (χ2v) is 4.61. The van der Waals surface area contributed by atoms with Gasteiger partial charge in [-0.05, 0) is 11.6 Å². The van der Waals surface area contributed by atoms with E-state index in [1.807, 2.05) is 43.3 Å². The zero-order chi connectivity index (χ0) is 14.0. The van der Waals surface area contributed by atoms with Crippen LogP contribution in [0.5, 0.6) is 0 Å². The van der Waals surface area contributed by atoms with Crippen LogP contribution >= 0.6 is 0 Å². The number of benzene rings is 2. The summed E-state index contributed by atoms with van der Waals surface area (Å²) in [5, 5.41) is 0. The summed E-state index contributed by atoms with van der Waals surface area (Å²) in [6.07, 6.45) is 0. The van der Waals surface area contributed by atoms with Crippen LogP contribution in [0.1, 0.15) is 0 Å². The summed E-state index contributed by atoms with van der Waals surface area (Å²) in [6.45, 7) is -4.93. The minimum Gasteiger partial charge on any atom is -0.445 e. The van der Waals surface area contributed by atoms with Gasteiger partial charge < -0.3 is 17.8 Å². The monoisotopic (exact) mass is 303 g/mol. The Labute approximate surface area is 159 Å². The third-order valence-corrected chi connectivity index (χ3v) is 2.99. The minimum absolute atomic E-state index is 0.